The number of rotatable bonds is 6. The average Bonchev–Trinajstić information content (AvgIpc) is 2.47. The molecule has 0 N–H and O–H groups in total. The van der Waals surface area contributed by atoms with E-state index in [0.717, 1.165) is 4.57 Å². The summed E-state index contributed by atoms with van der Waals surface area (Å²) >= 11 is 6.18. The molecule has 0 unspecified atom stereocenters. The molecule has 0 atom stereocenters. The molecular weight excluding hydrogens is 316 g/mol. The van der Waals surface area contributed by atoms with Crippen LogP contribution in [0.5, 0.6) is 5.75 Å². The highest BCUT2D eigenvalue weighted by atomic mass is 35.5. The Bertz CT molecular complexity index is 703. The van der Waals surface area contributed by atoms with Crippen LogP contribution in [0.15, 0.2) is 41.2 Å². The van der Waals surface area contributed by atoms with E-state index >= 15 is 0 Å². The van der Waals surface area contributed by atoms with Crippen LogP contribution in [0.25, 0.3) is 11.3 Å². The van der Waals surface area contributed by atoms with E-state index in [2.05, 4.69) is 0 Å². The minimum Gasteiger partial charge on any atom is -0.468 e. The van der Waals surface area contributed by atoms with Crippen LogP contribution in [0.4, 0.5) is 8.78 Å². The number of halogens is 3. The molecule has 0 bridgehead atoms. The molecule has 0 aliphatic heterocycles. The van der Waals surface area contributed by atoms with Crippen molar-refractivity contribution in [1.82, 2.24) is 4.57 Å². The zero-order valence-corrected chi connectivity index (χ0v) is 12.5. The molecule has 0 saturated carbocycles. The maximum Gasteiger partial charge on any atom is 0.256 e. The fraction of sp³-hybridized carbons (Fsp3) is 0.267. The van der Waals surface area contributed by atoms with Crippen LogP contribution in [-0.4, -0.2) is 24.9 Å². The summed E-state index contributed by atoms with van der Waals surface area (Å²) in [5.41, 5.74) is 0.300. The van der Waals surface area contributed by atoms with Crippen molar-refractivity contribution in [2.75, 3.05) is 13.9 Å². The van der Waals surface area contributed by atoms with Gasteiger partial charge in [0.1, 0.15) is 5.75 Å². The van der Waals surface area contributed by atoms with Gasteiger partial charge in [0.15, 0.2) is 6.79 Å². The number of alkyl halides is 2. The Hall–Kier alpha value is -1.92. The largest absolute Gasteiger partial charge is 0.468 e. The SMILES string of the molecule is COCOc1ccc(-c2cccc(=O)n2CC(F)F)c(Cl)c1. The first-order valence-corrected chi connectivity index (χ1v) is 6.80. The van der Waals surface area contributed by atoms with Crippen LogP contribution in [0.1, 0.15) is 0 Å². The van der Waals surface area contributed by atoms with Gasteiger partial charge in [0.05, 0.1) is 17.3 Å². The van der Waals surface area contributed by atoms with E-state index in [1.165, 1.54) is 19.2 Å². The lowest BCUT2D eigenvalue weighted by Gasteiger charge is -2.14. The van der Waals surface area contributed by atoms with Gasteiger partial charge in [-0.05, 0) is 24.3 Å². The summed E-state index contributed by atoms with van der Waals surface area (Å²) in [6, 6.07) is 9.09. The summed E-state index contributed by atoms with van der Waals surface area (Å²) < 4.78 is 36.4. The van der Waals surface area contributed by atoms with E-state index in [-0.39, 0.29) is 6.79 Å². The topological polar surface area (TPSA) is 40.5 Å². The van der Waals surface area contributed by atoms with Crippen molar-refractivity contribution in [2.24, 2.45) is 0 Å². The van der Waals surface area contributed by atoms with E-state index in [1.807, 2.05) is 0 Å². The second-order valence-electron chi connectivity index (χ2n) is 4.44. The van der Waals surface area contributed by atoms with Crippen molar-refractivity contribution in [2.45, 2.75) is 13.0 Å². The zero-order chi connectivity index (χ0) is 16.1. The molecule has 0 spiro atoms. The Morgan fingerprint density at radius 1 is 1.27 bits per heavy atom. The number of ether oxygens (including phenoxy) is 2. The standard InChI is InChI=1S/C15H14ClF2NO3/c1-21-9-22-10-5-6-11(12(16)7-10)13-3-2-4-15(20)19(13)8-14(17)18/h2-7,14H,8-9H2,1H3. The Morgan fingerprint density at radius 3 is 2.68 bits per heavy atom. The Balaban J connectivity index is 2.44. The Morgan fingerprint density at radius 2 is 2.05 bits per heavy atom. The molecule has 0 amide bonds. The second kappa shape index (κ2) is 7.38. The molecule has 2 rings (SSSR count). The van der Waals surface area contributed by atoms with Crippen molar-refractivity contribution >= 4 is 11.6 Å². The minimum atomic E-state index is -2.64. The molecule has 0 radical (unpaired) electrons. The van der Waals surface area contributed by atoms with Gasteiger partial charge in [0, 0.05) is 18.7 Å². The molecule has 7 heteroatoms. The van der Waals surface area contributed by atoms with Crippen molar-refractivity contribution in [3.8, 4) is 17.0 Å². The number of benzene rings is 1. The van der Waals surface area contributed by atoms with Gasteiger partial charge >= 0.3 is 0 Å². The maximum absolute atomic E-state index is 12.7. The molecule has 1 heterocycles. The highest BCUT2D eigenvalue weighted by Gasteiger charge is 2.14. The normalized spacial score (nSPS) is 11.0. The van der Waals surface area contributed by atoms with Gasteiger partial charge in [-0.15, -0.1) is 0 Å². The van der Waals surface area contributed by atoms with Crippen molar-refractivity contribution < 1.29 is 18.3 Å². The van der Waals surface area contributed by atoms with E-state index in [0.29, 0.717) is 22.0 Å². The van der Waals surface area contributed by atoms with E-state index in [1.54, 1.807) is 24.3 Å². The number of methoxy groups -OCH3 is 1. The van der Waals surface area contributed by atoms with Crippen LogP contribution in [0, 0.1) is 0 Å². The molecule has 22 heavy (non-hydrogen) atoms. The lowest BCUT2D eigenvalue weighted by Crippen LogP contribution is -2.23. The fourth-order valence-electron chi connectivity index (χ4n) is 2.00. The highest BCUT2D eigenvalue weighted by molar-refractivity contribution is 6.33. The summed E-state index contributed by atoms with van der Waals surface area (Å²) in [6.45, 7) is -0.621. The van der Waals surface area contributed by atoms with Gasteiger partial charge < -0.3 is 14.0 Å². The van der Waals surface area contributed by atoms with Gasteiger partial charge in [-0.3, -0.25) is 4.79 Å². The first kappa shape index (κ1) is 16.5. The first-order valence-electron chi connectivity index (χ1n) is 6.42. The van der Waals surface area contributed by atoms with E-state index < -0.39 is 18.5 Å². The van der Waals surface area contributed by atoms with Gasteiger partial charge in [0.2, 0.25) is 0 Å². The molecule has 1 aromatic heterocycles. The summed E-state index contributed by atoms with van der Waals surface area (Å²) in [4.78, 5) is 11.8. The third-order valence-electron chi connectivity index (χ3n) is 2.93. The summed E-state index contributed by atoms with van der Waals surface area (Å²) in [6.07, 6.45) is -2.64. The number of nitrogens with zero attached hydrogens (tertiary/aromatic N) is 1. The van der Waals surface area contributed by atoms with Crippen molar-refractivity contribution in [3.05, 3.63) is 51.8 Å². The predicted octanol–water partition coefficient (Wildman–Crippen LogP) is 3.42. The summed E-state index contributed by atoms with van der Waals surface area (Å²) in [5, 5.41) is 0.294. The first-order chi connectivity index (χ1) is 10.5. The molecule has 1 aromatic carbocycles. The molecule has 0 saturated heterocycles. The van der Waals surface area contributed by atoms with Crippen LogP contribution in [-0.2, 0) is 11.3 Å². The van der Waals surface area contributed by atoms with Crippen molar-refractivity contribution in [1.29, 1.82) is 0 Å². The quantitative estimate of drug-likeness (QED) is 0.762. The number of hydrogen-bond acceptors (Lipinski definition) is 3. The van der Waals surface area contributed by atoms with E-state index in [9.17, 15) is 13.6 Å². The van der Waals surface area contributed by atoms with Gasteiger partial charge in [0.25, 0.3) is 12.0 Å². The van der Waals surface area contributed by atoms with Crippen molar-refractivity contribution in [3.63, 3.8) is 0 Å². The summed E-state index contributed by atoms with van der Waals surface area (Å²) in [5.74, 6) is 0.481. The van der Waals surface area contributed by atoms with E-state index in [4.69, 9.17) is 21.1 Å². The molecular formula is C15H14ClF2NO3. The maximum atomic E-state index is 12.7. The average molecular weight is 330 g/mol. The Kier molecular flexibility index (Phi) is 5.51. The number of aromatic nitrogens is 1. The number of hydrogen-bond donors (Lipinski definition) is 0. The summed E-state index contributed by atoms with van der Waals surface area (Å²) in [7, 11) is 1.49. The van der Waals surface area contributed by atoms with Crippen LogP contribution in [0.3, 0.4) is 0 Å². The fourth-order valence-corrected chi connectivity index (χ4v) is 2.27. The third kappa shape index (κ3) is 3.84. The minimum absolute atomic E-state index is 0.0666. The molecule has 2 aromatic rings. The molecule has 0 aliphatic rings. The smallest absolute Gasteiger partial charge is 0.256 e. The molecule has 0 fully saturated rings. The van der Waals surface area contributed by atoms with Gasteiger partial charge in [-0.25, -0.2) is 8.78 Å². The molecule has 0 aliphatic carbocycles. The highest BCUT2D eigenvalue weighted by Crippen LogP contribution is 2.30. The molecule has 4 nitrogen and oxygen atoms in total. The Labute approximate surface area is 130 Å². The second-order valence-corrected chi connectivity index (χ2v) is 4.85. The monoisotopic (exact) mass is 329 g/mol. The van der Waals surface area contributed by atoms with Crippen LogP contribution in [0.2, 0.25) is 5.02 Å². The molecule has 118 valence electrons. The lowest BCUT2D eigenvalue weighted by molar-refractivity contribution is 0.0511. The van der Waals surface area contributed by atoms with Crippen LogP contribution < -0.4 is 10.3 Å². The predicted molar refractivity (Wildman–Crippen MR) is 79.7 cm³/mol. The van der Waals surface area contributed by atoms with Gasteiger partial charge in [-0.2, -0.15) is 0 Å². The number of pyridine rings is 1. The lowest BCUT2D eigenvalue weighted by atomic mass is 10.1. The van der Waals surface area contributed by atoms with Crippen LogP contribution >= 0.6 is 11.6 Å². The zero-order valence-electron chi connectivity index (χ0n) is 11.8. The van der Waals surface area contributed by atoms with Gasteiger partial charge in [-0.1, -0.05) is 17.7 Å². The third-order valence-corrected chi connectivity index (χ3v) is 3.24.